The summed E-state index contributed by atoms with van der Waals surface area (Å²) >= 11 is 6.34. The molecule has 0 unspecified atom stereocenters. The molecule has 0 fully saturated rings. The van der Waals surface area contributed by atoms with E-state index in [1.165, 1.54) is 0 Å². The Kier molecular flexibility index (Phi) is 4.64. The van der Waals surface area contributed by atoms with E-state index in [0.717, 1.165) is 50.0 Å². The molecular weight excluding hydrogens is 368 g/mol. The first-order chi connectivity index (χ1) is 13.4. The van der Waals surface area contributed by atoms with Crippen LogP contribution in [0.5, 0.6) is 0 Å². The lowest BCUT2D eigenvalue weighted by atomic mass is 10.0. The highest BCUT2D eigenvalue weighted by atomic mass is 35.5. The minimum Gasteiger partial charge on any atom is -0.318 e. The van der Waals surface area contributed by atoms with Gasteiger partial charge in [-0.25, -0.2) is 0 Å². The molecule has 28 heavy (non-hydrogen) atoms. The number of fused-ring (bicyclic) bond motifs is 1. The first kappa shape index (κ1) is 18.6. The third-order valence-electron chi connectivity index (χ3n) is 5.46. The Balaban J connectivity index is 1.84. The molecule has 3 aromatic rings. The Labute approximate surface area is 170 Å². The average Bonchev–Trinajstić information content (AvgIpc) is 3.11. The first-order valence-corrected chi connectivity index (χ1v) is 9.88. The monoisotopic (exact) mass is 390 g/mol. The highest BCUT2D eigenvalue weighted by molar-refractivity contribution is 6.35. The number of likely N-dealkylation sites (N-methyl/N-ethyl adjacent to an activating group) is 1. The van der Waals surface area contributed by atoms with Gasteiger partial charge >= 0.3 is 0 Å². The third kappa shape index (κ3) is 2.87. The number of hydrogen-bond acceptors (Lipinski definition) is 1. The lowest BCUT2D eigenvalue weighted by Crippen LogP contribution is -2.25. The Hall–Kier alpha value is -2.78. The molecule has 0 N–H and O–H groups in total. The predicted molar refractivity (Wildman–Crippen MR) is 117 cm³/mol. The molecule has 2 aromatic carbocycles. The lowest BCUT2D eigenvalue weighted by molar-refractivity contribution is -0.112. The molecule has 1 aliphatic heterocycles. The van der Waals surface area contributed by atoms with Crippen LogP contribution >= 0.6 is 11.6 Å². The van der Waals surface area contributed by atoms with Crippen molar-refractivity contribution in [2.75, 3.05) is 11.4 Å². The van der Waals surface area contributed by atoms with E-state index in [0.29, 0.717) is 6.54 Å². The van der Waals surface area contributed by atoms with Crippen LogP contribution in [-0.2, 0) is 4.79 Å². The van der Waals surface area contributed by atoms with Crippen molar-refractivity contribution in [3.05, 3.63) is 81.6 Å². The maximum Gasteiger partial charge on any atom is 0.258 e. The quantitative estimate of drug-likeness (QED) is 0.506. The van der Waals surface area contributed by atoms with Gasteiger partial charge in [-0.15, -0.1) is 0 Å². The normalized spacial score (nSPS) is 14.8. The number of amides is 1. The zero-order valence-corrected chi connectivity index (χ0v) is 17.3. The van der Waals surface area contributed by atoms with Gasteiger partial charge in [0, 0.05) is 39.8 Å². The maximum absolute atomic E-state index is 13.0. The fourth-order valence-electron chi connectivity index (χ4n) is 3.97. The molecule has 1 amide bonds. The number of benzene rings is 2. The van der Waals surface area contributed by atoms with Crippen molar-refractivity contribution in [1.82, 2.24) is 4.57 Å². The molecule has 142 valence electrons. The summed E-state index contributed by atoms with van der Waals surface area (Å²) in [5.74, 6) is 0.0619. The van der Waals surface area contributed by atoms with Crippen LogP contribution in [0.25, 0.3) is 17.3 Å². The number of carbonyl (C=O) groups is 1. The molecule has 0 radical (unpaired) electrons. The first-order valence-electron chi connectivity index (χ1n) is 9.50. The van der Waals surface area contributed by atoms with Crippen LogP contribution in [0, 0.1) is 20.8 Å². The molecule has 0 bridgehead atoms. The number of aromatic nitrogens is 1. The molecule has 1 aromatic heterocycles. The van der Waals surface area contributed by atoms with Crippen LogP contribution in [0.4, 0.5) is 5.69 Å². The molecule has 4 heteroatoms. The minimum atomic E-state index is 0.0619. The molecule has 0 atom stereocenters. The second kappa shape index (κ2) is 6.99. The summed E-state index contributed by atoms with van der Waals surface area (Å²) in [6, 6.07) is 16.2. The number of rotatable bonds is 3. The van der Waals surface area contributed by atoms with E-state index in [-0.39, 0.29) is 5.91 Å². The van der Waals surface area contributed by atoms with Crippen LogP contribution in [0.1, 0.15) is 35.0 Å². The zero-order valence-electron chi connectivity index (χ0n) is 16.6. The largest absolute Gasteiger partial charge is 0.318 e. The van der Waals surface area contributed by atoms with Crippen molar-refractivity contribution in [2.24, 2.45) is 0 Å². The summed E-state index contributed by atoms with van der Waals surface area (Å²) < 4.78 is 2.18. The molecule has 2 heterocycles. The van der Waals surface area contributed by atoms with Crippen molar-refractivity contribution < 1.29 is 4.79 Å². The zero-order chi connectivity index (χ0) is 20.0. The van der Waals surface area contributed by atoms with Gasteiger partial charge in [-0.2, -0.15) is 0 Å². The fourth-order valence-corrected chi connectivity index (χ4v) is 4.14. The average molecular weight is 391 g/mol. The maximum atomic E-state index is 13.0. The standard InChI is InChI=1S/C24H23ClN2O/c1-5-26-23-9-7-6-8-20(23)21(24(26)28)13-18-12-16(3)27(17(18)4)19-11-10-15(2)22(25)14-19/h6-14H,5H2,1-4H3/b21-13+. The van der Waals surface area contributed by atoms with Gasteiger partial charge in [0.1, 0.15) is 0 Å². The molecule has 4 rings (SSSR count). The predicted octanol–water partition coefficient (Wildman–Crippen LogP) is 5.96. The van der Waals surface area contributed by atoms with Crippen molar-refractivity contribution >= 4 is 34.8 Å². The number of hydrogen-bond donors (Lipinski definition) is 0. The van der Waals surface area contributed by atoms with Crippen molar-refractivity contribution in [3.8, 4) is 5.69 Å². The van der Waals surface area contributed by atoms with Crippen LogP contribution in [0.3, 0.4) is 0 Å². The summed E-state index contributed by atoms with van der Waals surface area (Å²) in [6.45, 7) is 8.82. The van der Waals surface area contributed by atoms with Crippen LogP contribution in [-0.4, -0.2) is 17.0 Å². The number of anilines is 1. The molecule has 0 aliphatic carbocycles. The summed E-state index contributed by atoms with van der Waals surface area (Å²) in [5, 5.41) is 0.753. The van der Waals surface area contributed by atoms with Gasteiger partial charge in [0.05, 0.1) is 5.69 Å². The molecule has 0 saturated heterocycles. The lowest BCUT2D eigenvalue weighted by Gasteiger charge is -2.13. The number of para-hydroxylation sites is 1. The van der Waals surface area contributed by atoms with E-state index in [2.05, 4.69) is 30.5 Å². The number of carbonyl (C=O) groups excluding carboxylic acids is 1. The summed E-state index contributed by atoms with van der Waals surface area (Å²) in [6.07, 6.45) is 2.02. The summed E-state index contributed by atoms with van der Waals surface area (Å²) in [7, 11) is 0. The third-order valence-corrected chi connectivity index (χ3v) is 5.87. The van der Waals surface area contributed by atoms with E-state index in [1.807, 2.05) is 61.2 Å². The molecular formula is C24H23ClN2O. The van der Waals surface area contributed by atoms with E-state index in [1.54, 1.807) is 0 Å². The Morgan fingerprint density at radius 3 is 2.50 bits per heavy atom. The van der Waals surface area contributed by atoms with Gasteiger partial charge in [-0.3, -0.25) is 4.79 Å². The minimum absolute atomic E-state index is 0.0619. The Morgan fingerprint density at radius 2 is 1.79 bits per heavy atom. The van der Waals surface area contributed by atoms with Crippen LogP contribution in [0.15, 0.2) is 48.5 Å². The summed E-state index contributed by atoms with van der Waals surface area (Å²) in [5.41, 5.74) is 8.06. The number of nitrogens with zero attached hydrogens (tertiary/aromatic N) is 2. The van der Waals surface area contributed by atoms with E-state index >= 15 is 0 Å². The fraction of sp³-hybridized carbons (Fsp3) is 0.208. The van der Waals surface area contributed by atoms with Gasteiger partial charge in [0.25, 0.3) is 5.91 Å². The van der Waals surface area contributed by atoms with Gasteiger partial charge in [0.15, 0.2) is 0 Å². The van der Waals surface area contributed by atoms with E-state index in [4.69, 9.17) is 11.6 Å². The second-order valence-electron chi connectivity index (χ2n) is 7.22. The molecule has 0 saturated carbocycles. The van der Waals surface area contributed by atoms with Crippen LogP contribution < -0.4 is 4.90 Å². The SMILES string of the molecule is CCN1C(=O)/C(=C/c2cc(C)n(-c3ccc(C)c(Cl)c3)c2C)c2ccccc21. The Bertz CT molecular complexity index is 1120. The highest BCUT2D eigenvalue weighted by Crippen LogP contribution is 2.38. The summed E-state index contributed by atoms with van der Waals surface area (Å²) in [4.78, 5) is 14.8. The van der Waals surface area contributed by atoms with Gasteiger partial charge in [0.2, 0.25) is 0 Å². The Morgan fingerprint density at radius 1 is 1.04 bits per heavy atom. The van der Waals surface area contributed by atoms with Gasteiger partial charge in [-0.1, -0.05) is 35.9 Å². The highest BCUT2D eigenvalue weighted by Gasteiger charge is 2.31. The van der Waals surface area contributed by atoms with Crippen LogP contribution in [0.2, 0.25) is 5.02 Å². The van der Waals surface area contributed by atoms with Gasteiger partial charge in [-0.05, 0) is 69.2 Å². The number of halogens is 1. The smallest absolute Gasteiger partial charge is 0.258 e. The molecule has 1 aliphatic rings. The topological polar surface area (TPSA) is 25.2 Å². The van der Waals surface area contributed by atoms with Crippen molar-refractivity contribution in [3.63, 3.8) is 0 Å². The van der Waals surface area contributed by atoms with E-state index in [9.17, 15) is 4.79 Å². The molecule has 0 spiro atoms. The number of aryl methyl sites for hydroxylation is 2. The van der Waals surface area contributed by atoms with Gasteiger partial charge < -0.3 is 9.47 Å². The van der Waals surface area contributed by atoms with E-state index < -0.39 is 0 Å². The second-order valence-corrected chi connectivity index (χ2v) is 7.63. The van der Waals surface area contributed by atoms with Crippen molar-refractivity contribution in [1.29, 1.82) is 0 Å². The van der Waals surface area contributed by atoms with Crippen molar-refractivity contribution in [2.45, 2.75) is 27.7 Å². The molecule has 3 nitrogen and oxygen atoms in total.